The molecular weight excluding hydrogens is 505 g/mol. The van der Waals surface area contributed by atoms with Crippen molar-refractivity contribution in [3.8, 4) is 5.75 Å². The van der Waals surface area contributed by atoms with Crippen LogP contribution in [0.3, 0.4) is 0 Å². The van der Waals surface area contributed by atoms with Crippen LogP contribution in [0.1, 0.15) is 70.3 Å². The Bertz CT molecular complexity index is 1380. The standard InChI is InChI=1S/C26H31ClFN3O6/c1-12-13(2)36-21-19-15(10-16(23(33)34)22(32)31(12)19)17(27)18(28)20(21)30-9-6-14(11-30)26(7-8-26)29-24(35)37-25(3,4)5/h10,12-14H,6-9,11H2,1-5H3,(H,29,35)(H,33,34)/t12?,13-,14+/m0/s1. The fraction of sp³-hybridized carbons (Fsp3) is 0.577. The van der Waals surface area contributed by atoms with Gasteiger partial charge in [-0.25, -0.2) is 14.0 Å². The van der Waals surface area contributed by atoms with Gasteiger partial charge in [-0.15, -0.1) is 0 Å². The van der Waals surface area contributed by atoms with E-state index in [1.807, 2.05) is 25.7 Å². The molecule has 1 aromatic carbocycles. The quantitative estimate of drug-likeness (QED) is 0.583. The molecule has 0 spiro atoms. The van der Waals surface area contributed by atoms with Crippen LogP contribution in [-0.4, -0.2) is 52.1 Å². The topological polar surface area (TPSA) is 110 Å². The fourth-order valence-electron chi connectivity index (χ4n) is 5.59. The average Bonchev–Trinajstić information content (AvgIpc) is 3.39. The summed E-state index contributed by atoms with van der Waals surface area (Å²) in [5, 5.41) is 12.5. The van der Waals surface area contributed by atoms with Gasteiger partial charge in [-0.1, -0.05) is 11.6 Å². The molecule has 1 saturated heterocycles. The number of nitrogens with zero attached hydrogens (tertiary/aromatic N) is 2. The van der Waals surface area contributed by atoms with Gasteiger partial charge in [0.15, 0.2) is 11.6 Å². The number of benzene rings is 1. The number of rotatable bonds is 4. The Morgan fingerprint density at radius 3 is 2.57 bits per heavy atom. The molecule has 37 heavy (non-hydrogen) atoms. The molecule has 5 rings (SSSR count). The summed E-state index contributed by atoms with van der Waals surface area (Å²) >= 11 is 6.48. The molecule has 0 radical (unpaired) electrons. The van der Waals surface area contributed by atoms with E-state index in [-0.39, 0.29) is 27.8 Å². The van der Waals surface area contributed by atoms with Crippen LogP contribution in [0.5, 0.6) is 5.75 Å². The molecule has 2 aliphatic heterocycles. The van der Waals surface area contributed by atoms with Gasteiger partial charge < -0.3 is 24.8 Å². The molecule has 1 saturated carbocycles. The second-order valence-electron chi connectivity index (χ2n) is 11.4. The molecule has 200 valence electrons. The minimum Gasteiger partial charge on any atom is -0.484 e. The third kappa shape index (κ3) is 4.19. The number of ether oxygens (including phenoxy) is 2. The normalized spacial score (nSPS) is 24.1. The van der Waals surface area contributed by atoms with Crippen LogP contribution in [-0.2, 0) is 4.74 Å². The van der Waals surface area contributed by atoms with Crippen molar-refractivity contribution in [2.24, 2.45) is 5.92 Å². The van der Waals surface area contributed by atoms with Crippen LogP contribution >= 0.6 is 11.6 Å². The molecule has 3 aliphatic rings. The molecule has 1 unspecified atom stereocenters. The second-order valence-corrected chi connectivity index (χ2v) is 11.8. The molecule has 1 aromatic heterocycles. The second kappa shape index (κ2) is 8.51. The number of carboxylic acid groups (broad SMARTS) is 1. The molecule has 1 aliphatic carbocycles. The lowest BCUT2D eigenvalue weighted by molar-refractivity contribution is 0.0477. The highest BCUT2D eigenvalue weighted by Gasteiger charge is 2.53. The number of carbonyl (C=O) groups is 2. The predicted molar refractivity (Wildman–Crippen MR) is 137 cm³/mol. The summed E-state index contributed by atoms with van der Waals surface area (Å²) in [5.41, 5.74) is -1.74. The van der Waals surface area contributed by atoms with Crippen LogP contribution in [0.15, 0.2) is 10.9 Å². The lowest BCUT2D eigenvalue weighted by Crippen LogP contribution is -2.46. The maximum absolute atomic E-state index is 15.9. The Labute approximate surface area is 218 Å². The van der Waals surface area contributed by atoms with Gasteiger partial charge in [0.25, 0.3) is 5.56 Å². The van der Waals surface area contributed by atoms with Crippen molar-refractivity contribution in [2.45, 2.75) is 77.2 Å². The molecular formula is C26H31ClFN3O6. The Morgan fingerprint density at radius 1 is 1.30 bits per heavy atom. The van der Waals surface area contributed by atoms with E-state index in [4.69, 9.17) is 21.1 Å². The summed E-state index contributed by atoms with van der Waals surface area (Å²) in [5.74, 6) is -1.89. The molecule has 1 amide bonds. The van der Waals surface area contributed by atoms with Gasteiger partial charge in [0.1, 0.15) is 23.0 Å². The van der Waals surface area contributed by atoms with Crippen molar-refractivity contribution < 1.29 is 28.6 Å². The molecule has 11 heteroatoms. The number of aromatic nitrogens is 1. The molecule has 0 bridgehead atoms. The van der Waals surface area contributed by atoms with Gasteiger partial charge in [-0.3, -0.25) is 9.36 Å². The van der Waals surface area contributed by atoms with Crippen molar-refractivity contribution in [1.82, 2.24) is 9.88 Å². The van der Waals surface area contributed by atoms with E-state index in [0.717, 1.165) is 18.9 Å². The summed E-state index contributed by atoms with van der Waals surface area (Å²) in [4.78, 5) is 39.2. The van der Waals surface area contributed by atoms with E-state index < -0.39 is 52.3 Å². The van der Waals surface area contributed by atoms with E-state index in [0.29, 0.717) is 25.0 Å². The zero-order valence-corrected chi connectivity index (χ0v) is 22.2. The van der Waals surface area contributed by atoms with Crippen LogP contribution in [0, 0.1) is 11.7 Å². The first-order valence-electron chi connectivity index (χ1n) is 12.5. The van der Waals surface area contributed by atoms with Gasteiger partial charge in [-0.05, 0) is 59.9 Å². The molecule has 2 fully saturated rings. The van der Waals surface area contributed by atoms with E-state index in [1.54, 1.807) is 13.8 Å². The molecule has 3 atom stereocenters. The third-order valence-corrected chi connectivity index (χ3v) is 8.12. The number of anilines is 1. The first kappa shape index (κ1) is 25.6. The zero-order valence-electron chi connectivity index (χ0n) is 21.5. The van der Waals surface area contributed by atoms with Crippen LogP contribution in [0.2, 0.25) is 5.02 Å². The highest BCUT2D eigenvalue weighted by Crippen LogP contribution is 2.51. The monoisotopic (exact) mass is 535 g/mol. The molecule has 2 aromatic rings. The maximum Gasteiger partial charge on any atom is 0.408 e. The van der Waals surface area contributed by atoms with Crippen molar-refractivity contribution in [3.63, 3.8) is 0 Å². The number of halogens is 2. The smallest absolute Gasteiger partial charge is 0.408 e. The number of aromatic carboxylic acids is 1. The summed E-state index contributed by atoms with van der Waals surface area (Å²) in [6.45, 7) is 9.88. The van der Waals surface area contributed by atoms with Crippen LogP contribution in [0.4, 0.5) is 14.9 Å². The number of alkyl carbamates (subject to hydrolysis) is 1. The van der Waals surface area contributed by atoms with Gasteiger partial charge >= 0.3 is 12.1 Å². The summed E-state index contributed by atoms with van der Waals surface area (Å²) in [6, 6.07) is 0.633. The number of nitrogens with one attached hydrogen (secondary N) is 1. The van der Waals surface area contributed by atoms with Gasteiger partial charge in [0.2, 0.25) is 0 Å². The highest BCUT2D eigenvalue weighted by molar-refractivity contribution is 6.36. The Kier molecular flexibility index (Phi) is 5.89. The number of amides is 1. The largest absolute Gasteiger partial charge is 0.484 e. The van der Waals surface area contributed by atoms with Gasteiger partial charge in [-0.2, -0.15) is 0 Å². The lowest BCUT2D eigenvalue weighted by atomic mass is 9.96. The summed E-state index contributed by atoms with van der Waals surface area (Å²) in [6.07, 6.45) is 1.34. The van der Waals surface area contributed by atoms with E-state index in [2.05, 4.69) is 5.32 Å². The molecule has 2 N–H and O–H groups in total. The Morgan fingerprint density at radius 2 is 1.97 bits per heavy atom. The van der Waals surface area contributed by atoms with E-state index in [9.17, 15) is 19.5 Å². The lowest BCUT2D eigenvalue weighted by Gasteiger charge is -2.35. The highest BCUT2D eigenvalue weighted by atomic mass is 35.5. The van der Waals surface area contributed by atoms with Crippen molar-refractivity contribution in [3.05, 3.63) is 32.8 Å². The number of carboxylic acids is 1. The summed E-state index contributed by atoms with van der Waals surface area (Å²) < 4.78 is 28.9. The molecule has 3 heterocycles. The maximum atomic E-state index is 15.9. The SMILES string of the molecule is CC1[C@H](C)Oc2c(N3CC[C@@H](C4(NC(=O)OC(C)(C)C)CC4)C3)c(F)c(Cl)c3cc(C(=O)O)c(=O)n1c23. The summed E-state index contributed by atoms with van der Waals surface area (Å²) in [7, 11) is 0. The Hall–Kier alpha value is -3.01. The van der Waals surface area contributed by atoms with E-state index in [1.165, 1.54) is 4.57 Å². The first-order valence-corrected chi connectivity index (χ1v) is 12.9. The fourth-order valence-corrected chi connectivity index (χ4v) is 5.82. The van der Waals surface area contributed by atoms with Crippen molar-refractivity contribution >= 4 is 40.3 Å². The van der Waals surface area contributed by atoms with E-state index >= 15 is 4.39 Å². The Balaban J connectivity index is 1.55. The number of carbonyl (C=O) groups excluding carboxylic acids is 1. The molecule has 9 nitrogen and oxygen atoms in total. The zero-order chi connectivity index (χ0) is 27.0. The van der Waals surface area contributed by atoms with Crippen LogP contribution < -0.4 is 20.5 Å². The predicted octanol–water partition coefficient (Wildman–Crippen LogP) is 4.72. The first-order chi connectivity index (χ1) is 17.2. The average molecular weight is 536 g/mol. The van der Waals surface area contributed by atoms with Gasteiger partial charge in [0.05, 0.1) is 16.6 Å². The van der Waals surface area contributed by atoms with Crippen molar-refractivity contribution in [1.29, 1.82) is 0 Å². The minimum absolute atomic E-state index is 0.0533. The van der Waals surface area contributed by atoms with Crippen LogP contribution in [0.25, 0.3) is 10.9 Å². The third-order valence-electron chi connectivity index (χ3n) is 7.75. The minimum atomic E-state index is -1.40. The number of hydrogen-bond acceptors (Lipinski definition) is 6. The van der Waals surface area contributed by atoms with Gasteiger partial charge in [0, 0.05) is 29.9 Å². The number of pyridine rings is 1. The van der Waals surface area contributed by atoms with Crippen molar-refractivity contribution in [2.75, 3.05) is 18.0 Å². The number of hydrogen-bond donors (Lipinski definition) is 2.